The Bertz CT molecular complexity index is 484. The van der Waals surface area contributed by atoms with E-state index in [0.717, 1.165) is 18.5 Å². The van der Waals surface area contributed by atoms with Gasteiger partial charge in [-0.3, -0.25) is 14.6 Å². The summed E-state index contributed by atoms with van der Waals surface area (Å²) in [6, 6.07) is 5.95. The van der Waals surface area contributed by atoms with Crippen LogP contribution in [-0.4, -0.2) is 34.3 Å². The fraction of sp³-hybridized carbons (Fsp3) is 0.588. The van der Waals surface area contributed by atoms with Gasteiger partial charge in [0.05, 0.1) is 12.2 Å². The van der Waals surface area contributed by atoms with Crippen molar-refractivity contribution in [3.63, 3.8) is 0 Å². The Hall–Kier alpha value is -1.91. The number of hydrogen-bond donors (Lipinski definition) is 1. The number of carbonyl (C=O) groups excluding carboxylic acids is 2. The molecular weight excluding hydrogens is 278 g/mol. The summed E-state index contributed by atoms with van der Waals surface area (Å²) in [5, 5.41) is 3.08. The highest BCUT2D eigenvalue weighted by Crippen LogP contribution is 2.17. The van der Waals surface area contributed by atoms with Gasteiger partial charge in [-0.15, -0.1) is 0 Å². The fourth-order valence-electron chi connectivity index (χ4n) is 2.82. The smallest absolute Gasteiger partial charge is 0.221 e. The van der Waals surface area contributed by atoms with Crippen molar-refractivity contribution in [2.24, 2.45) is 0 Å². The lowest BCUT2D eigenvalue weighted by atomic mass is 9.95. The number of amides is 2. The molecule has 5 nitrogen and oxygen atoms in total. The van der Waals surface area contributed by atoms with E-state index in [1.165, 1.54) is 26.2 Å². The van der Waals surface area contributed by atoms with Gasteiger partial charge in [0.25, 0.3) is 0 Å². The zero-order valence-corrected chi connectivity index (χ0v) is 13.3. The van der Waals surface area contributed by atoms with Gasteiger partial charge in [-0.1, -0.05) is 25.3 Å². The van der Waals surface area contributed by atoms with Gasteiger partial charge in [0.1, 0.15) is 0 Å². The van der Waals surface area contributed by atoms with E-state index in [9.17, 15) is 9.59 Å². The molecule has 0 aliphatic heterocycles. The normalized spacial score (nSPS) is 15.3. The van der Waals surface area contributed by atoms with E-state index in [2.05, 4.69) is 10.3 Å². The molecule has 1 aromatic heterocycles. The van der Waals surface area contributed by atoms with Gasteiger partial charge in [-0.05, 0) is 25.0 Å². The van der Waals surface area contributed by atoms with E-state index < -0.39 is 0 Å². The van der Waals surface area contributed by atoms with Crippen molar-refractivity contribution >= 4 is 11.8 Å². The van der Waals surface area contributed by atoms with Crippen LogP contribution in [-0.2, 0) is 16.1 Å². The lowest BCUT2D eigenvalue weighted by molar-refractivity contribution is -0.130. The molecule has 1 heterocycles. The first-order valence-electron chi connectivity index (χ1n) is 8.10. The van der Waals surface area contributed by atoms with Crippen LogP contribution in [0, 0.1) is 0 Å². The van der Waals surface area contributed by atoms with Crippen molar-refractivity contribution in [1.29, 1.82) is 0 Å². The second-order valence-electron chi connectivity index (χ2n) is 5.91. The van der Waals surface area contributed by atoms with Crippen LogP contribution in [0.2, 0.25) is 0 Å². The molecule has 0 saturated heterocycles. The van der Waals surface area contributed by atoms with E-state index in [-0.39, 0.29) is 11.8 Å². The summed E-state index contributed by atoms with van der Waals surface area (Å²) < 4.78 is 0. The van der Waals surface area contributed by atoms with E-state index >= 15 is 0 Å². The maximum atomic E-state index is 12.0. The van der Waals surface area contributed by atoms with Crippen molar-refractivity contribution in [3.8, 4) is 0 Å². The Morgan fingerprint density at radius 3 is 2.68 bits per heavy atom. The van der Waals surface area contributed by atoms with Crippen molar-refractivity contribution in [2.45, 2.75) is 58.0 Å². The minimum absolute atomic E-state index is 0.0314. The maximum absolute atomic E-state index is 12.0. The molecule has 1 saturated carbocycles. The van der Waals surface area contributed by atoms with Crippen molar-refractivity contribution in [2.75, 3.05) is 6.54 Å². The summed E-state index contributed by atoms with van der Waals surface area (Å²) in [6.07, 6.45) is 7.89. The zero-order valence-electron chi connectivity index (χ0n) is 13.3. The van der Waals surface area contributed by atoms with Gasteiger partial charge in [-0.25, -0.2) is 0 Å². The number of rotatable bonds is 6. The molecule has 1 aliphatic rings. The van der Waals surface area contributed by atoms with E-state index in [1.807, 2.05) is 18.2 Å². The molecule has 1 fully saturated rings. The highest BCUT2D eigenvalue weighted by molar-refractivity contribution is 5.78. The number of carbonyl (C=O) groups is 2. The molecular formula is C17H25N3O2. The monoisotopic (exact) mass is 303 g/mol. The van der Waals surface area contributed by atoms with Gasteiger partial charge < -0.3 is 10.2 Å². The van der Waals surface area contributed by atoms with E-state index in [1.54, 1.807) is 11.1 Å². The molecule has 0 radical (unpaired) electrons. The third-order valence-electron chi connectivity index (χ3n) is 4.10. The first-order valence-corrected chi connectivity index (χ1v) is 8.10. The summed E-state index contributed by atoms with van der Waals surface area (Å²) in [7, 11) is 0. The highest BCUT2D eigenvalue weighted by Gasteiger charge is 2.17. The lowest BCUT2D eigenvalue weighted by Crippen LogP contribution is -2.39. The Kier molecular flexibility index (Phi) is 6.37. The fourth-order valence-corrected chi connectivity index (χ4v) is 2.82. The molecule has 1 N–H and O–H groups in total. The van der Waals surface area contributed by atoms with E-state index in [0.29, 0.717) is 25.6 Å². The van der Waals surface area contributed by atoms with Gasteiger partial charge >= 0.3 is 0 Å². The molecule has 2 amide bonds. The second-order valence-corrected chi connectivity index (χ2v) is 5.91. The third-order valence-corrected chi connectivity index (χ3v) is 4.10. The molecule has 1 aliphatic carbocycles. The molecule has 0 unspecified atom stereocenters. The predicted molar refractivity (Wildman–Crippen MR) is 85.0 cm³/mol. The number of hydrogen-bond acceptors (Lipinski definition) is 3. The molecule has 0 aromatic carbocycles. The summed E-state index contributed by atoms with van der Waals surface area (Å²) in [5.41, 5.74) is 0.838. The Labute approximate surface area is 132 Å². The number of nitrogens with one attached hydrogen (secondary N) is 1. The summed E-state index contributed by atoms with van der Waals surface area (Å²) in [6.45, 7) is 2.42. The number of aromatic nitrogens is 1. The Morgan fingerprint density at radius 1 is 1.27 bits per heavy atom. The van der Waals surface area contributed by atoms with Gasteiger partial charge in [0, 0.05) is 32.1 Å². The summed E-state index contributed by atoms with van der Waals surface area (Å²) in [5.74, 6) is 0.00953. The highest BCUT2D eigenvalue weighted by atomic mass is 16.2. The topological polar surface area (TPSA) is 62.3 Å². The minimum Gasteiger partial charge on any atom is -0.353 e. The lowest BCUT2D eigenvalue weighted by Gasteiger charge is -2.24. The van der Waals surface area contributed by atoms with Gasteiger partial charge in [0.2, 0.25) is 11.8 Å². The van der Waals surface area contributed by atoms with Crippen molar-refractivity contribution in [1.82, 2.24) is 15.2 Å². The average Bonchev–Trinajstić information content (AvgIpc) is 2.53. The summed E-state index contributed by atoms with van der Waals surface area (Å²) in [4.78, 5) is 29.6. The van der Waals surface area contributed by atoms with E-state index in [4.69, 9.17) is 0 Å². The van der Waals surface area contributed by atoms with Crippen LogP contribution in [0.25, 0.3) is 0 Å². The zero-order chi connectivity index (χ0) is 15.8. The molecule has 5 heteroatoms. The van der Waals surface area contributed by atoms with Crippen LogP contribution in [0.15, 0.2) is 24.4 Å². The van der Waals surface area contributed by atoms with Gasteiger partial charge in [0.15, 0.2) is 0 Å². The van der Waals surface area contributed by atoms with Crippen molar-refractivity contribution in [3.05, 3.63) is 30.1 Å². The SMILES string of the molecule is CC(=O)N(CCC(=O)NC1CCCCC1)Cc1ccccn1. The first kappa shape index (κ1) is 16.5. The molecule has 0 atom stereocenters. The third kappa shape index (κ3) is 5.47. The molecule has 120 valence electrons. The van der Waals surface area contributed by atoms with Crippen LogP contribution in [0.4, 0.5) is 0 Å². The van der Waals surface area contributed by atoms with Gasteiger partial charge in [-0.2, -0.15) is 0 Å². The van der Waals surface area contributed by atoms with Crippen LogP contribution >= 0.6 is 0 Å². The largest absolute Gasteiger partial charge is 0.353 e. The Balaban J connectivity index is 1.78. The number of nitrogens with zero attached hydrogens (tertiary/aromatic N) is 2. The second kappa shape index (κ2) is 8.51. The molecule has 0 spiro atoms. The van der Waals surface area contributed by atoms with Crippen LogP contribution in [0.5, 0.6) is 0 Å². The molecule has 22 heavy (non-hydrogen) atoms. The summed E-state index contributed by atoms with van der Waals surface area (Å²) >= 11 is 0. The van der Waals surface area contributed by atoms with Crippen molar-refractivity contribution < 1.29 is 9.59 Å². The maximum Gasteiger partial charge on any atom is 0.221 e. The minimum atomic E-state index is -0.0314. The number of pyridine rings is 1. The quantitative estimate of drug-likeness (QED) is 0.877. The molecule has 0 bridgehead atoms. The average molecular weight is 303 g/mol. The van der Waals surface area contributed by atoms with Crippen LogP contribution in [0.1, 0.15) is 51.1 Å². The predicted octanol–water partition coefficient (Wildman–Crippen LogP) is 2.27. The Morgan fingerprint density at radius 2 is 2.05 bits per heavy atom. The standard InChI is InChI=1S/C17H25N3O2/c1-14(21)20(13-16-9-5-6-11-18-16)12-10-17(22)19-15-7-3-2-4-8-15/h5-6,9,11,15H,2-4,7-8,10,12-13H2,1H3,(H,19,22). The van der Waals surface area contributed by atoms with Crippen LogP contribution < -0.4 is 5.32 Å². The molecule has 2 rings (SSSR count). The first-order chi connectivity index (χ1) is 10.6. The molecule has 1 aromatic rings. The van der Waals surface area contributed by atoms with Crippen LogP contribution in [0.3, 0.4) is 0 Å².